The van der Waals surface area contributed by atoms with Gasteiger partial charge >= 0.3 is 0 Å². The van der Waals surface area contributed by atoms with Gasteiger partial charge in [-0.15, -0.1) is 0 Å². The lowest BCUT2D eigenvalue weighted by atomic mass is 10.1. The molecule has 3 rings (SSSR count). The van der Waals surface area contributed by atoms with E-state index in [0.29, 0.717) is 17.5 Å². The van der Waals surface area contributed by atoms with Crippen LogP contribution in [-0.2, 0) is 11.3 Å². The Labute approximate surface area is 163 Å². The minimum Gasteiger partial charge on any atom is -0.497 e. The number of aromatic nitrogens is 2. The van der Waals surface area contributed by atoms with Crippen LogP contribution in [0.25, 0.3) is 11.4 Å². The number of hydrogen-bond acceptors (Lipinski definition) is 6. The van der Waals surface area contributed by atoms with E-state index in [1.807, 2.05) is 56.3 Å². The average Bonchev–Trinajstić information content (AvgIpc) is 3.18. The van der Waals surface area contributed by atoms with E-state index in [0.717, 1.165) is 22.4 Å². The quantitative estimate of drug-likeness (QED) is 0.675. The van der Waals surface area contributed by atoms with Crippen LogP contribution >= 0.6 is 0 Å². The number of nitrogens with zero attached hydrogens (tertiary/aromatic N) is 2. The molecule has 0 aliphatic heterocycles. The van der Waals surface area contributed by atoms with Crippen molar-refractivity contribution >= 4 is 5.91 Å². The molecular formula is C21H23N3O4. The van der Waals surface area contributed by atoms with Crippen LogP contribution in [0.4, 0.5) is 0 Å². The zero-order chi connectivity index (χ0) is 20.1. The molecule has 146 valence electrons. The van der Waals surface area contributed by atoms with Crippen LogP contribution in [0.2, 0.25) is 0 Å². The number of hydrogen-bond donors (Lipinski definition) is 1. The van der Waals surface area contributed by atoms with Gasteiger partial charge in [-0.05, 0) is 62.2 Å². The molecule has 2 aromatic carbocycles. The molecule has 0 spiro atoms. The van der Waals surface area contributed by atoms with Crippen molar-refractivity contribution in [1.29, 1.82) is 0 Å². The number of amides is 1. The summed E-state index contributed by atoms with van der Waals surface area (Å²) < 4.78 is 16.1. The summed E-state index contributed by atoms with van der Waals surface area (Å²) in [6.07, 6.45) is -0.649. The van der Waals surface area contributed by atoms with Crippen LogP contribution < -0.4 is 14.8 Å². The van der Waals surface area contributed by atoms with Gasteiger partial charge in [0, 0.05) is 5.56 Å². The fourth-order valence-electron chi connectivity index (χ4n) is 2.57. The van der Waals surface area contributed by atoms with E-state index in [9.17, 15) is 4.79 Å². The molecule has 1 N–H and O–H groups in total. The molecule has 1 unspecified atom stereocenters. The Balaban J connectivity index is 1.57. The van der Waals surface area contributed by atoms with Gasteiger partial charge in [0.25, 0.3) is 5.91 Å². The lowest BCUT2D eigenvalue weighted by Gasteiger charge is -2.16. The van der Waals surface area contributed by atoms with Gasteiger partial charge < -0.3 is 19.3 Å². The van der Waals surface area contributed by atoms with Crippen LogP contribution in [0.1, 0.15) is 23.9 Å². The van der Waals surface area contributed by atoms with Gasteiger partial charge in [0.05, 0.1) is 13.7 Å². The van der Waals surface area contributed by atoms with Crippen LogP contribution in [-0.4, -0.2) is 29.3 Å². The van der Waals surface area contributed by atoms with Gasteiger partial charge in [0.1, 0.15) is 11.5 Å². The van der Waals surface area contributed by atoms with Crippen molar-refractivity contribution in [3.63, 3.8) is 0 Å². The van der Waals surface area contributed by atoms with Gasteiger partial charge in [-0.2, -0.15) is 4.98 Å². The third-order valence-electron chi connectivity index (χ3n) is 4.25. The van der Waals surface area contributed by atoms with Crippen molar-refractivity contribution in [3.8, 4) is 22.9 Å². The number of ether oxygens (including phenoxy) is 2. The second-order valence-corrected chi connectivity index (χ2v) is 6.49. The van der Waals surface area contributed by atoms with Gasteiger partial charge in [-0.1, -0.05) is 17.3 Å². The first-order valence-electron chi connectivity index (χ1n) is 8.95. The monoisotopic (exact) mass is 381 g/mol. The fourth-order valence-corrected chi connectivity index (χ4v) is 2.57. The van der Waals surface area contributed by atoms with Crippen LogP contribution in [0.3, 0.4) is 0 Å². The topological polar surface area (TPSA) is 86.5 Å². The van der Waals surface area contributed by atoms with E-state index in [4.69, 9.17) is 14.0 Å². The fraction of sp³-hybridized carbons (Fsp3) is 0.286. The largest absolute Gasteiger partial charge is 0.497 e. The number of methoxy groups -OCH3 is 1. The normalized spacial score (nSPS) is 11.7. The average molecular weight is 381 g/mol. The Bertz CT molecular complexity index is 951. The van der Waals surface area contributed by atoms with Crippen molar-refractivity contribution in [3.05, 3.63) is 59.5 Å². The molecule has 28 heavy (non-hydrogen) atoms. The Morgan fingerprint density at radius 2 is 1.93 bits per heavy atom. The van der Waals surface area contributed by atoms with Crippen molar-refractivity contribution in [2.75, 3.05) is 7.11 Å². The molecule has 1 atom stereocenters. The zero-order valence-electron chi connectivity index (χ0n) is 16.4. The number of aryl methyl sites for hydroxylation is 2. The number of nitrogens with one attached hydrogen (secondary N) is 1. The van der Waals surface area contributed by atoms with E-state index in [-0.39, 0.29) is 12.5 Å². The molecule has 3 aromatic rings. The summed E-state index contributed by atoms with van der Waals surface area (Å²) in [5.41, 5.74) is 2.85. The van der Waals surface area contributed by atoms with Crippen molar-refractivity contribution in [2.45, 2.75) is 33.4 Å². The Hall–Kier alpha value is -3.35. The maximum absolute atomic E-state index is 12.3. The maximum Gasteiger partial charge on any atom is 0.261 e. The number of carbonyl (C=O) groups is 1. The molecule has 0 saturated heterocycles. The Kier molecular flexibility index (Phi) is 5.93. The summed E-state index contributed by atoms with van der Waals surface area (Å²) in [5.74, 6) is 1.95. The van der Waals surface area contributed by atoms with Gasteiger partial charge in [-0.25, -0.2) is 0 Å². The molecule has 0 bridgehead atoms. The van der Waals surface area contributed by atoms with Crippen LogP contribution in [0, 0.1) is 13.8 Å². The highest BCUT2D eigenvalue weighted by Crippen LogP contribution is 2.21. The summed E-state index contributed by atoms with van der Waals surface area (Å²) >= 11 is 0. The highest BCUT2D eigenvalue weighted by molar-refractivity contribution is 5.80. The van der Waals surface area contributed by atoms with Gasteiger partial charge in [0.15, 0.2) is 6.10 Å². The van der Waals surface area contributed by atoms with E-state index in [1.165, 1.54) is 0 Å². The van der Waals surface area contributed by atoms with E-state index in [2.05, 4.69) is 15.5 Å². The highest BCUT2D eigenvalue weighted by atomic mass is 16.5. The van der Waals surface area contributed by atoms with Crippen LogP contribution in [0.5, 0.6) is 11.5 Å². The number of carbonyl (C=O) groups excluding carboxylic acids is 1. The molecule has 0 radical (unpaired) electrons. The Morgan fingerprint density at radius 1 is 1.18 bits per heavy atom. The molecule has 1 heterocycles. The smallest absolute Gasteiger partial charge is 0.261 e. The molecule has 0 saturated carbocycles. The molecule has 7 heteroatoms. The zero-order valence-corrected chi connectivity index (χ0v) is 16.4. The number of rotatable bonds is 7. The van der Waals surface area contributed by atoms with E-state index >= 15 is 0 Å². The molecule has 0 aliphatic carbocycles. The standard InChI is InChI=1S/C21H23N3O4/c1-13-5-6-14(2)18(11-13)27-15(3)21(25)22-12-19-23-20(24-28-19)16-7-9-17(26-4)10-8-16/h5-11,15H,12H2,1-4H3,(H,22,25). The van der Waals surface area contributed by atoms with Gasteiger partial charge in [-0.3, -0.25) is 4.79 Å². The Morgan fingerprint density at radius 3 is 2.64 bits per heavy atom. The first kappa shape index (κ1) is 19.4. The third-order valence-corrected chi connectivity index (χ3v) is 4.25. The second-order valence-electron chi connectivity index (χ2n) is 6.49. The van der Waals surface area contributed by atoms with Crippen molar-refractivity contribution in [1.82, 2.24) is 15.5 Å². The lowest BCUT2D eigenvalue weighted by molar-refractivity contribution is -0.127. The minimum absolute atomic E-state index is 0.127. The summed E-state index contributed by atoms with van der Waals surface area (Å²) in [4.78, 5) is 16.6. The van der Waals surface area contributed by atoms with Crippen LogP contribution in [0.15, 0.2) is 47.0 Å². The first-order valence-corrected chi connectivity index (χ1v) is 8.95. The summed E-state index contributed by atoms with van der Waals surface area (Å²) in [6, 6.07) is 13.2. The lowest BCUT2D eigenvalue weighted by Crippen LogP contribution is -2.36. The molecule has 0 fully saturated rings. The summed E-state index contributed by atoms with van der Waals surface area (Å²) in [7, 11) is 1.61. The minimum atomic E-state index is -0.649. The first-order chi connectivity index (χ1) is 13.5. The molecule has 0 aliphatic rings. The van der Waals surface area contributed by atoms with Crippen molar-refractivity contribution < 1.29 is 18.8 Å². The maximum atomic E-state index is 12.3. The SMILES string of the molecule is COc1ccc(-c2noc(CNC(=O)C(C)Oc3cc(C)ccc3C)n2)cc1. The third kappa shape index (κ3) is 4.68. The molecule has 7 nitrogen and oxygen atoms in total. The molecule has 1 amide bonds. The summed E-state index contributed by atoms with van der Waals surface area (Å²) in [5, 5.41) is 6.70. The predicted molar refractivity (Wildman–Crippen MR) is 104 cm³/mol. The van der Waals surface area contributed by atoms with E-state index in [1.54, 1.807) is 14.0 Å². The van der Waals surface area contributed by atoms with Gasteiger partial charge in [0.2, 0.25) is 11.7 Å². The number of benzene rings is 2. The van der Waals surface area contributed by atoms with Crippen molar-refractivity contribution in [2.24, 2.45) is 0 Å². The van der Waals surface area contributed by atoms with E-state index < -0.39 is 6.10 Å². The molecule has 1 aromatic heterocycles. The molecular weight excluding hydrogens is 358 g/mol. The summed E-state index contributed by atoms with van der Waals surface area (Å²) in [6.45, 7) is 5.75. The highest BCUT2D eigenvalue weighted by Gasteiger charge is 2.17. The predicted octanol–water partition coefficient (Wildman–Crippen LogP) is 3.45. The second kappa shape index (κ2) is 8.56.